The first-order chi connectivity index (χ1) is 14.4. The predicted octanol–water partition coefficient (Wildman–Crippen LogP) is 3.35. The molecule has 1 amide bonds. The molecule has 0 aliphatic carbocycles. The van der Waals surface area contributed by atoms with Crippen LogP contribution in [0.25, 0.3) is 16.9 Å². The normalized spacial score (nSPS) is 13.7. The van der Waals surface area contributed by atoms with Crippen molar-refractivity contribution in [3.8, 4) is 11.3 Å². The number of nitrogens with zero attached hydrogens (tertiary/aromatic N) is 5. The highest BCUT2D eigenvalue weighted by atomic mass is 19.2. The van der Waals surface area contributed by atoms with Crippen LogP contribution in [0, 0.1) is 17.5 Å². The number of imidazole rings is 1. The zero-order valence-electron chi connectivity index (χ0n) is 15.9. The number of hydrogen-bond acceptors (Lipinski definition) is 3. The second-order valence-corrected chi connectivity index (χ2v) is 7.20. The molecule has 0 spiro atoms. The Morgan fingerprint density at radius 3 is 2.67 bits per heavy atom. The van der Waals surface area contributed by atoms with E-state index in [2.05, 4.69) is 10.1 Å². The molecule has 5 rings (SSSR count). The van der Waals surface area contributed by atoms with E-state index in [1.165, 1.54) is 4.68 Å². The number of aromatic nitrogens is 4. The maximum absolute atomic E-state index is 13.7. The van der Waals surface area contributed by atoms with Crippen molar-refractivity contribution < 1.29 is 18.0 Å². The number of halogens is 3. The minimum absolute atomic E-state index is 0.176. The molecule has 1 aliphatic rings. The summed E-state index contributed by atoms with van der Waals surface area (Å²) in [6.45, 7) is 0.672. The second-order valence-electron chi connectivity index (χ2n) is 7.20. The van der Waals surface area contributed by atoms with E-state index >= 15 is 0 Å². The molecule has 4 aromatic rings. The molecule has 0 fully saturated rings. The van der Waals surface area contributed by atoms with Gasteiger partial charge in [0.15, 0.2) is 17.5 Å². The Morgan fingerprint density at radius 1 is 1.13 bits per heavy atom. The second kappa shape index (κ2) is 6.72. The zero-order chi connectivity index (χ0) is 21.0. The average Bonchev–Trinajstić information content (AvgIpc) is 3.30. The quantitative estimate of drug-likeness (QED) is 0.476. The van der Waals surface area contributed by atoms with E-state index in [9.17, 15) is 18.0 Å². The Kier molecular flexibility index (Phi) is 4.12. The van der Waals surface area contributed by atoms with Crippen LogP contribution in [0.2, 0.25) is 0 Å². The van der Waals surface area contributed by atoms with Crippen molar-refractivity contribution in [2.75, 3.05) is 6.54 Å². The summed E-state index contributed by atoms with van der Waals surface area (Å²) in [6, 6.07) is 7.42. The number of aryl methyl sites for hydroxylation is 1. The van der Waals surface area contributed by atoms with Gasteiger partial charge in [-0.05, 0) is 30.7 Å². The van der Waals surface area contributed by atoms with Gasteiger partial charge in [-0.25, -0.2) is 18.2 Å². The molecule has 30 heavy (non-hydrogen) atoms. The first-order valence-electron chi connectivity index (χ1n) is 9.35. The van der Waals surface area contributed by atoms with Crippen molar-refractivity contribution in [3.05, 3.63) is 77.1 Å². The van der Waals surface area contributed by atoms with Gasteiger partial charge >= 0.3 is 0 Å². The lowest BCUT2D eigenvalue weighted by atomic mass is 9.99. The lowest BCUT2D eigenvalue weighted by molar-refractivity contribution is 0.0725. The SMILES string of the molecule is Cn1nc2c(c1-c1cc(F)c(F)c(F)c1)CCN(C(=O)c1cnc3ccccn13)C2. The fourth-order valence-corrected chi connectivity index (χ4v) is 4.00. The molecule has 0 atom stereocenters. The largest absolute Gasteiger partial charge is 0.331 e. The Morgan fingerprint density at radius 2 is 1.90 bits per heavy atom. The summed E-state index contributed by atoms with van der Waals surface area (Å²) in [6.07, 6.45) is 3.78. The van der Waals surface area contributed by atoms with E-state index in [0.717, 1.165) is 17.7 Å². The van der Waals surface area contributed by atoms with Crippen molar-refractivity contribution in [3.63, 3.8) is 0 Å². The third-order valence-corrected chi connectivity index (χ3v) is 5.38. The minimum Gasteiger partial charge on any atom is -0.331 e. The molecule has 1 aliphatic heterocycles. The van der Waals surface area contributed by atoms with Crippen molar-refractivity contribution in [2.24, 2.45) is 7.05 Å². The number of hydrogen-bond donors (Lipinski definition) is 0. The van der Waals surface area contributed by atoms with Gasteiger partial charge in [0.2, 0.25) is 0 Å². The maximum Gasteiger partial charge on any atom is 0.272 e. The Bertz CT molecular complexity index is 1290. The lowest BCUT2D eigenvalue weighted by Gasteiger charge is -2.26. The van der Waals surface area contributed by atoms with E-state index in [1.807, 2.05) is 18.2 Å². The van der Waals surface area contributed by atoms with Crippen LogP contribution < -0.4 is 0 Å². The average molecular weight is 411 g/mol. The Labute approximate surface area is 169 Å². The zero-order valence-corrected chi connectivity index (χ0v) is 15.9. The van der Waals surface area contributed by atoms with E-state index in [-0.39, 0.29) is 18.0 Å². The van der Waals surface area contributed by atoms with Crippen molar-refractivity contribution in [1.82, 2.24) is 24.1 Å². The van der Waals surface area contributed by atoms with Crippen LogP contribution in [0.5, 0.6) is 0 Å². The first kappa shape index (κ1) is 18.4. The highest BCUT2D eigenvalue weighted by Gasteiger charge is 2.29. The molecule has 0 saturated heterocycles. The standard InChI is InChI=1S/C21H16F3N5O/c1-27-20(12-8-14(22)19(24)15(23)9-12)13-5-7-28(11-16(13)26-27)21(30)17-10-25-18-4-2-3-6-29(17)18/h2-4,6,8-10H,5,7,11H2,1H3. The van der Waals surface area contributed by atoms with Crippen LogP contribution in [0.15, 0.2) is 42.7 Å². The molecule has 4 heterocycles. The molecule has 0 saturated carbocycles. The molecular formula is C21H16F3N5O. The predicted molar refractivity (Wildman–Crippen MR) is 102 cm³/mol. The molecule has 0 radical (unpaired) electrons. The number of benzene rings is 1. The summed E-state index contributed by atoms with van der Waals surface area (Å²) in [5.74, 6) is -4.18. The summed E-state index contributed by atoms with van der Waals surface area (Å²) in [7, 11) is 1.66. The first-order valence-corrected chi connectivity index (χ1v) is 9.35. The van der Waals surface area contributed by atoms with Crippen LogP contribution in [-0.2, 0) is 20.0 Å². The molecule has 0 unspecified atom stereocenters. The van der Waals surface area contributed by atoms with Crippen LogP contribution in [-0.4, -0.2) is 36.5 Å². The molecule has 9 heteroatoms. The van der Waals surface area contributed by atoms with Crippen molar-refractivity contribution in [2.45, 2.75) is 13.0 Å². The molecule has 6 nitrogen and oxygen atoms in total. The van der Waals surface area contributed by atoms with E-state index < -0.39 is 17.5 Å². The van der Waals surface area contributed by atoms with Crippen LogP contribution in [0.1, 0.15) is 21.7 Å². The van der Waals surface area contributed by atoms with Gasteiger partial charge in [-0.3, -0.25) is 13.9 Å². The molecule has 1 aromatic carbocycles. The van der Waals surface area contributed by atoms with Gasteiger partial charge in [-0.1, -0.05) is 6.07 Å². The Balaban J connectivity index is 1.49. The van der Waals surface area contributed by atoms with Gasteiger partial charge in [-0.15, -0.1) is 0 Å². The van der Waals surface area contributed by atoms with Gasteiger partial charge in [0, 0.05) is 30.9 Å². The molecule has 0 N–H and O–H groups in total. The maximum atomic E-state index is 13.7. The monoisotopic (exact) mass is 411 g/mol. The molecule has 152 valence electrons. The van der Waals surface area contributed by atoms with Gasteiger partial charge in [-0.2, -0.15) is 5.10 Å². The summed E-state index contributed by atoms with van der Waals surface area (Å²) < 4.78 is 44.1. The van der Waals surface area contributed by atoms with Crippen molar-refractivity contribution >= 4 is 11.6 Å². The van der Waals surface area contributed by atoms with Gasteiger partial charge in [0.05, 0.1) is 24.1 Å². The fraction of sp³-hybridized carbons (Fsp3) is 0.190. The number of rotatable bonds is 2. The molecule has 0 bridgehead atoms. The number of pyridine rings is 1. The van der Waals surface area contributed by atoms with E-state index in [0.29, 0.717) is 35.7 Å². The van der Waals surface area contributed by atoms with Crippen LogP contribution in [0.3, 0.4) is 0 Å². The number of carbonyl (C=O) groups excluding carboxylic acids is 1. The molecule has 3 aromatic heterocycles. The van der Waals surface area contributed by atoms with Gasteiger partial charge < -0.3 is 4.90 Å². The van der Waals surface area contributed by atoms with Crippen molar-refractivity contribution in [1.29, 1.82) is 0 Å². The fourth-order valence-electron chi connectivity index (χ4n) is 4.00. The minimum atomic E-state index is -1.50. The number of carbonyl (C=O) groups is 1. The topological polar surface area (TPSA) is 55.4 Å². The number of amides is 1. The highest BCUT2D eigenvalue weighted by molar-refractivity contribution is 5.93. The third kappa shape index (κ3) is 2.77. The Hall–Kier alpha value is -3.62. The van der Waals surface area contributed by atoms with Gasteiger partial charge in [0.25, 0.3) is 5.91 Å². The van der Waals surface area contributed by atoms with Crippen LogP contribution >= 0.6 is 0 Å². The number of fused-ring (bicyclic) bond motifs is 2. The van der Waals surface area contributed by atoms with Crippen LogP contribution in [0.4, 0.5) is 13.2 Å². The summed E-state index contributed by atoms with van der Waals surface area (Å²) in [5, 5.41) is 4.45. The van der Waals surface area contributed by atoms with E-state index in [4.69, 9.17) is 0 Å². The lowest BCUT2D eigenvalue weighted by Crippen LogP contribution is -2.36. The van der Waals surface area contributed by atoms with Gasteiger partial charge in [0.1, 0.15) is 11.3 Å². The van der Waals surface area contributed by atoms with E-state index in [1.54, 1.807) is 28.7 Å². The smallest absolute Gasteiger partial charge is 0.272 e. The third-order valence-electron chi connectivity index (χ3n) is 5.38. The highest BCUT2D eigenvalue weighted by Crippen LogP contribution is 2.32. The summed E-state index contributed by atoms with van der Waals surface area (Å²) in [4.78, 5) is 19.0. The molecular weight excluding hydrogens is 395 g/mol. The summed E-state index contributed by atoms with van der Waals surface area (Å²) in [5.41, 5.74) is 3.30. The summed E-state index contributed by atoms with van der Waals surface area (Å²) >= 11 is 0.